The van der Waals surface area contributed by atoms with Crippen LogP contribution >= 0.6 is 7.82 Å². The van der Waals surface area contributed by atoms with E-state index in [1.54, 1.807) is 20.8 Å². The number of rotatable bonds is 6. The molecule has 80 valence electrons. The van der Waals surface area contributed by atoms with E-state index in [0.717, 1.165) is 0 Å². The van der Waals surface area contributed by atoms with Crippen LogP contribution in [0.5, 0.6) is 0 Å². The van der Waals surface area contributed by atoms with Gasteiger partial charge < -0.3 is 9.79 Å². The Bertz CT molecular complexity index is 176. The van der Waals surface area contributed by atoms with E-state index in [4.69, 9.17) is 19.6 Å². The predicted molar refractivity (Wildman–Crippen MR) is 44.8 cm³/mol. The van der Waals surface area contributed by atoms with Crippen LogP contribution in [0.2, 0.25) is 0 Å². The third-order valence-corrected chi connectivity index (χ3v) is 1.38. The van der Waals surface area contributed by atoms with Gasteiger partial charge in [-0.2, -0.15) is 0 Å². The van der Waals surface area contributed by atoms with E-state index in [0.29, 0.717) is 0 Å². The summed E-state index contributed by atoms with van der Waals surface area (Å²) in [5.74, 6) is 0. The molecular formula is C6H15O6P. The minimum Gasteiger partial charge on any atom is -0.303 e. The molecule has 0 rings (SSSR count). The Labute approximate surface area is 77.0 Å². The first-order valence-corrected chi connectivity index (χ1v) is 5.36. The van der Waals surface area contributed by atoms with Crippen LogP contribution in [-0.2, 0) is 18.9 Å². The lowest BCUT2D eigenvalue weighted by molar-refractivity contribution is -0.344. The molecule has 0 saturated carbocycles. The molecule has 0 radical (unpaired) electrons. The fourth-order valence-electron chi connectivity index (χ4n) is 0.436. The van der Waals surface area contributed by atoms with Crippen LogP contribution in [0.3, 0.4) is 0 Å². The van der Waals surface area contributed by atoms with Crippen molar-refractivity contribution in [3.63, 3.8) is 0 Å². The van der Waals surface area contributed by atoms with Crippen molar-refractivity contribution in [1.82, 2.24) is 0 Å². The van der Waals surface area contributed by atoms with Crippen molar-refractivity contribution in [2.45, 2.75) is 33.0 Å². The zero-order valence-corrected chi connectivity index (χ0v) is 8.73. The molecule has 0 aromatic heterocycles. The Morgan fingerprint density at radius 1 is 1.23 bits per heavy atom. The highest BCUT2D eigenvalue weighted by atomic mass is 31.2. The molecule has 7 heteroatoms. The summed E-state index contributed by atoms with van der Waals surface area (Å²) in [4.78, 5) is 26.1. The minimum atomic E-state index is -4.40. The second-order valence-electron chi connectivity index (χ2n) is 2.84. The Balaban J connectivity index is 3.52. The summed E-state index contributed by atoms with van der Waals surface area (Å²) in [5, 5.41) is 0. The third kappa shape index (κ3) is 9.95. The van der Waals surface area contributed by atoms with Gasteiger partial charge in [-0.05, 0) is 20.8 Å². The van der Waals surface area contributed by atoms with Crippen molar-refractivity contribution in [1.29, 1.82) is 0 Å². The number of hydrogen-bond donors (Lipinski definition) is 2. The molecule has 2 N–H and O–H groups in total. The summed E-state index contributed by atoms with van der Waals surface area (Å²) in [6.07, 6.45) is -0.618. The van der Waals surface area contributed by atoms with Gasteiger partial charge in [0.1, 0.15) is 6.10 Å². The van der Waals surface area contributed by atoms with E-state index in [-0.39, 0.29) is 12.7 Å². The highest BCUT2D eigenvalue weighted by Gasteiger charge is 2.16. The Hall–Kier alpha value is 0.0300. The van der Waals surface area contributed by atoms with Gasteiger partial charge in [0.05, 0.1) is 12.7 Å². The van der Waals surface area contributed by atoms with Gasteiger partial charge >= 0.3 is 7.82 Å². The van der Waals surface area contributed by atoms with Crippen molar-refractivity contribution in [2.24, 2.45) is 0 Å². The molecule has 0 bridgehead atoms. The second kappa shape index (κ2) is 5.70. The molecule has 0 aromatic rings. The molecule has 0 aromatic carbocycles. The van der Waals surface area contributed by atoms with E-state index >= 15 is 0 Å². The van der Waals surface area contributed by atoms with Crippen LogP contribution in [0.15, 0.2) is 0 Å². The predicted octanol–water partition coefficient (Wildman–Crippen LogP) is 0.841. The van der Waals surface area contributed by atoms with Gasteiger partial charge in [-0.25, -0.2) is 14.3 Å². The van der Waals surface area contributed by atoms with Crippen LogP contribution in [0.25, 0.3) is 0 Å². The topological polar surface area (TPSA) is 85.2 Å². The SMILES string of the molecule is CC(C)OOC(C)COP(=O)(O)O. The molecule has 6 nitrogen and oxygen atoms in total. The highest BCUT2D eigenvalue weighted by molar-refractivity contribution is 7.46. The van der Waals surface area contributed by atoms with Crippen LogP contribution in [0.4, 0.5) is 0 Å². The summed E-state index contributed by atoms with van der Waals surface area (Å²) in [6.45, 7) is 4.92. The number of phosphoric acid groups is 1. The van der Waals surface area contributed by atoms with Gasteiger partial charge in [0.25, 0.3) is 0 Å². The molecule has 0 aliphatic carbocycles. The average Bonchev–Trinajstić information content (AvgIpc) is 1.95. The van der Waals surface area contributed by atoms with Gasteiger partial charge in [-0.3, -0.25) is 4.52 Å². The van der Waals surface area contributed by atoms with Gasteiger partial charge in [0.15, 0.2) is 0 Å². The lowest BCUT2D eigenvalue weighted by Crippen LogP contribution is -2.18. The molecular weight excluding hydrogens is 199 g/mol. The normalized spacial score (nSPS) is 14.9. The van der Waals surface area contributed by atoms with E-state index < -0.39 is 13.9 Å². The molecule has 0 aliphatic rings. The lowest BCUT2D eigenvalue weighted by Gasteiger charge is -2.14. The van der Waals surface area contributed by atoms with Crippen LogP contribution in [0.1, 0.15) is 20.8 Å². The molecule has 0 fully saturated rings. The van der Waals surface area contributed by atoms with Crippen molar-refractivity contribution in [2.75, 3.05) is 6.61 Å². The van der Waals surface area contributed by atoms with E-state index in [2.05, 4.69) is 4.52 Å². The zero-order chi connectivity index (χ0) is 10.5. The number of hydrogen-bond acceptors (Lipinski definition) is 4. The largest absolute Gasteiger partial charge is 0.469 e. The highest BCUT2D eigenvalue weighted by Crippen LogP contribution is 2.35. The molecule has 0 amide bonds. The van der Waals surface area contributed by atoms with Crippen LogP contribution in [-0.4, -0.2) is 28.6 Å². The van der Waals surface area contributed by atoms with Gasteiger partial charge in [-0.15, -0.1) is 0 Å². The average molecular weight is 214 g/mol. The molecule has 0 saturated heterocycles. The van der Waals surface area contributed by atoms with Crippen molar-refractivity contribution >= 4 is 7.82 Å². The Morgan fingerprint density at radius 2 is 1.77 bits per heavy atom. The number of phosphoric ester groups is 1. The monoisotopic (exact) mass is 214 g/mol. The van der Waals surface area contributed by atoms with Gasteiger partial charge in [0, 0.05) is 0 Å². The summed E-state index contributed by atoms with van der Waals surface area (Å²) in [6, 6.07) is 0. The summed E-state index contributed by atoms with van der Waals surface area (Å²) >= 11 is 0. The van der Waals surface area contributed by atoms with E-state index in [1.165, 1.54) is 0 Å². The molecule has 0 spiro atoms. The maximum absolute atomic E-state index is 10.2. The van der Waals surface area contributed by atoms with Crippen molar-refractivity contribution in [3.8, 4) is 0 Å². The summed E-state index contributed by atoms with van der Waals surface area (Å²) < 4.78 is 14.4. The fourth-order valence-corrected chi connectivity index (χ4v) is 0.840. The Morgan fingerprint density at radius 3 is 2.15 bits per heavy atom. The summed E-state index contributed by atoms with van der Waals surface area (Å²) in [5.41, 5.74) is 0. The second-order valence-corrected chi connectivity index (χ2v) is 4.08. The molecule has 1 unspecified atom stereocenters. The Kier molecular flexibility index (Phi) is 5.71. The first kappa shape index (κ1) is 13.0. The van der Waals surface area contributed by atoms with Gasteiger partial charge in [-0.1, -0.05) is 0 Å². The molecule has 0 aliphatic heterocycles. The lowest BCUT2D eigenvalue weighted by atomic mass is 10.4. The van der Waals surface area contributed by atoms with Crippen LogP contribution < -0.4 is 0 Å². The maximum Gasteiger partial charge on any atom is 0.469 e. The summed E-state index contributed by atoms with van der Waals surface area (Å²) in [7, 11) is -4.40. The first-order chi connectivity index (χ1) is 5.81. The third-order valence-electron chi connectivity index (χ3n) is 0.890. The molecule has 1 atom stereocenters. The van der Waals surface area contributed by atoms with Gasteiger partial charge in [0.2, 0.25) is 0 Å². The fraction of sp³-hybridized carbons (Fsp3) is 1.00. The van der Waals surface area contributed by atoms with Crippen molar-refractivity contribution < 1.29 is 28.7 Å². The van der Waals surface area contributed by atoms with E-state index in [1.807, 2.05) is 0 Å². The van der Waals surface area contributed by atoms with Crippen molar-refractivity contribution in [3.05, 3.63) is 0 Å². The van der Waals surface area contributed by atoms with E-state index in [9.17, 15) is 4.57 Å². The quantitative estimate of drug-likeness (QED) is 0.387. The molecule has 0 heterocycles. The standard InChI is InChI=1S/C6H15O6P/c1-5(2)11-12-6(3)4-10-13(7,8)9/h5-6H,4H2,1-3H3,(H2,7,8,9). The van der Waals surface area contributed by atoms with Crippen LogP contribution in [0, 0.1) is 0 Å². The maximum atomic E-state index is 10.2. The smallest absolute Gasteiger partial charge is 0.303 e. The minimum absolute atomic E-state index is 0.0995. The zero-order valence-electron chi connectivity index (χ0n) is 7.84. The first-order valence-electron chi connectivity index (χ1n) is 3.83. The molecule has 13 heavy (non-hydrogen) atoms.